The molecule has 0 aliphatic rings. The van der Waals surface area contributed by atoms with Crippen LogP contribution in [-0.4, -0.2) is 5.75 Å². The summed E-state index contributed by atoms with van der Waals surface area (Å²) >= 11 is 1.66. The van der Waals surface area contributed by atoms with Gasteiger partial charge in [-0.25, -0.2) is 4.79 Å². The van der Waals surface area contributed by atoms with Crippen LogP contribution in [0.15, 0.2) is 44.4 Å². The molecule has 2 aromatic rings. The Hall–Kier alpha value is -1.22. The van der Waals surface area contributed by atoms with Gasteiger partial charge in [0.15, 0.2) is 0 Å². The number of benzene rings is 1. The van der Waals surface area contributed by atoms with Crippen LogP contribution in [0.25, 0.3) is 11.0 Å². The van der Waals surface area contributed by atoms with Gasteiger partial charge < -0.3 is 4.42 Å². The lowest BCUT2D eigenvalue weighted by molar-refractivity contribution is 0.557. The molecular weight excluding hydrogens is 196 g/mol. The molecule has 1 heterocycles. The third kappa shape index (κ3) is 1.68. The smallest absolute Gasteiger partial charge is 0.337 e. The van der Waals surface area contributed by atoms with E-state index < -0.39 is 0 Å². The SMILES string of the molecule is CCSc1cc(=O)oc2ccccc12. The monoisotopic (exact) mass is 206 g/mol. The lowest BCUT2D eigenvalue weighted by Crippen LogP contribution is -1.97. The molecule has 0 amide bonds. The molecule has 2 nitrogen and oxygen atoms in total. The third-order valence-corrected chi connectivity index (χ3v) is 2.85. The fourth-order valence-corrected chi connectivity index (χ4v) is 2.17. The van der Waals surface area contributed by atoms with Gasteiger partial charge in [0, 0.05) is 16.3 Å². The molecule has 0 aliphatic carbocycles. The summed E-state index contributed by atoms with van der Waals surface area (Å²) in [6, 6.07) is 9.15. The van der Waals surface area contributed by atoms with E-state index in [0.717, 1.165) is 16.0 Å². The maximum atomic E-state index is 11.2. The largest absolute Gasteiger partial charge is 0.423 e. The lowest BCUT2D eigenvalue weighted by atomic mass is 10.2. The van der Waals surface area contributed by atoms with Gasteiger partial charge in [0.2, 0.25) is 0 Å². The summed E-state index contributed by atoms with van der Waals surface area (Å²) in [4.78, 5) is 12.2. The van der Waals surface area contributed by atoms with Gasteiger partial charge in [-0.15, -0.1) is 11.8 Å². The van der Waals surface area contributed by atoms with Crippen LogP contribution in [0, 0.1) is 0 Å². The highest BCUT2D eigenvalue weighted by atomic mass is 32.2. The number of fused-ring (bicyclic) bond motifs is 1. The highest BCUT2D eigenvalue weighted by Crippen LogP contribution is 2.25. The normalized spacial score (nSPS) is 10.6. The molecule has 72 valence electrons. The predicted octanol–water partition coefficient (Wildman–Crippen LogP) is 2.91. The first kappa shape index (κ1) is 9.34. The maximum Gasteiger partial charge on any atom is 0.337 e. The van der Waals surface area contributed by atoms with Gasteiger partial charge in [-0.3, -0.25) is 0 Å². The Morgan fingerprint density at radius 1 is 1.36 bits per heavy atom. The molecule has 1 aromatic carbocycles. The fourth-order valence-electron chi connectivity index (χ4n) is 1.36. The molecule has 14 heavy (non-hydrogen) atoms. The van der Waals surface area contributed by atoms with Crippen molar-refractivity contribution < 1.29 is 4.42 Å². The van der Waals surface area contributed by atoms with Gasteiger partial charge >= 0.3 is 5.63 Å². The minimum absolute atomic E-state index is 0.278. The average Bonchev–Trinajstić information content (AvgIpc) is 2.18. The molecule has 0 fully saturated rings. The summed E-state index contributed by atoms with van der Waals surface area (Å²) in [7, 11) is 0. The van der Waals surface area contributed by atoms with Gasteiger partial charge in [-0.05, 0) is 11.8 Å². The molecule has 0 radical (unpaired) electrons. The molecule has 0 spiro atoms. The highest BCUT2D eigenvalue weighted by Gasteiger charge is 2.03. The molecular formula is C11H10O2S. The van der Waals surface area contributed by atoms with Crippen LogP contribution in [0.4, 0.5) is 0 Å². The molecule has 1 aromatic heterocycles. The Kier molecular flexibility index (Phi) is 2.59. The van der Waals surface area contributed by atoms with Crippen molar-refractivity contribution in [1.82, 2.24) is 0 Å². The van der Waals surface area contributed by atoms with E-state index in [0.29, 0.717) is 5.58 Å². The minimum atomic E-state index is -0.278. The van der Waals surface area contributed by atoms with Crippen molar-refractivity contribution in [3.05, 3.63) is 40.8 Å². The first-order chi connectivity index (χ1) is 6.81. The number of para-hydroxylation sites is 1. The second-order valence-electron chi connectivity index (χ2n) is 2.86. The predicted molar refractivity (Wildman–Crippen MR) is 58.9 cm³/mol. The van der Waals surface area contributed by atoms with Crippen molar-refractivity contribution in [2.45, 2.75) is 11.8 Å². The van der Waals surface area contributed by atoms with Gasteiger partial charge in [0.25, 0.3) is 0 Å². The van der Waals surface area contributed by atoms with E-state index in [1.54, 1.807) is 17.8 Å². The van der Waals surface area contributed by atoms with Crippen LogP contribution < -0.4 is 5.63 Å². The van der Waals surface area contributed by atoms with E-state index in [1.165, 1.54) is 0 Å². The second-order valence-corrected chi connectivity index (χ2v) is 4.16. The Morgan fingerprint density at radius 3 is 2.93 bits per heavy atom. The summed E-state index contributed by atoms with van der Waals surface area (Å²) < 4.78 is 5.08. The molecule has 2 rings (SSSR count). The van der Waals surface area contributed by atoms with Crippen LogP contribution in [0.2, 0.25) is 0 Å². The number of thioether (sulfide) groups is 1. The zero-order chi connectivity index (χ0) is 9.97. The number of hydrogen-bond acceptors (Lipinski definition) is 3. The molecule has 0 unspecified atom stereocenters. The molecule has 0 saturated carbocycles. The molecule has 3 heteroatoms. The molecule has 0 bridgehead atoms. The topological polar surface area (TPSA) is 30.2 Å². The van der Waals surface area contributed by atoms with Gasteiger partial charge in [0.1, 0.15) is 5.58 Å². The average molecular weight is 206 g/mol. The van der Waals surface area contributed by atoms with Gasteiger partial charge in [-0.1, -0.05) is 25.1 Å². The molecule has 0 saturated heterocycles. The summed E-state index contributed by atoms with van der Waals surface area (Å²) in [5.74, 6) is 0.952. The van der Waals surface area contributed by atoms with E-state index in [4.69, 9.17) is 4.42 Å². The fraction of sp³-hybridized carbons (Fsp3) is 0.182. The summed E-state index contributed by atoms with van der Waals surface area (Å²) in [5, 5.41) is 1.01. The van der Waals surface area contributed by atoms with Crippen molar-refractivity contribution in [2.24, 2.45) is 0 Å². The Labute approximate surface area is 85.9 Å². The Morgan fingerprint density at radius 2 is 2.14 bits per heavy atom. The van der Waals surface area contributed by atoms with Crippen LogP contribution >= 0.6 is 11.8 Å². The molecule has 0 N–H and O–H groups in total. The molecule has 0 atom stereocenters. The van der Waals surface area contributed by atoms with Crippen molar-refractivity contribution >= 4 is 22.7 Å². The van der Waals surface area contributed by atoms with Crippen molar-refractivity contribution in [1.29, 1.82) is 0 Å². The third-order valence-electron chi connectivity index (χ3n) is 1.91. The second kappa shape index (κ2) is 3.88. The van der Waals surface area contributed by atoms with Crippen LogP contribution in [-0.2, 0) is 0 Å². The Bertz CT molecular complexity index is 502. The first-order valence-corrected chi connectivity index (χ1v) is 5.45. The molecule has 0 aliphatic heterocycles. The van der Waals surface area contributed by atoms with Crippen molar-refractivity contribution in [3.63, 3.8) is 0 Å². The van der Waals surface area contributed by atoms with Gasteiger partial charge in [-0.2, -0.15) is 0 Å². The minimum Gasteiger partial charge on any atom is -0.423 e. The number of hydrogen-bond donors (Lipinski definition) is 0. The lowest BCUT2D eigenvalue weighted by Gasteiger charge is -2.01. The van der Waals surface area contributed by atoms with Crippen molar-refractivity contribution in [2.75, 3.05) is 5.75 Å². The summed E-state index contributed by atoms with van der Waals surface area (Å²) in [6.07, 6.45) is 0. The van der Waals surface area contributed by atoms with E-state index >= 15 is 0 Å². The first-order valence-electron chi connectivity index (χ1n) is 4.47. The van der Waals surface area contributed by atoms with E-state index in [-0.39, 0.29) is 5.63 Å². The zero-order valence-electron chi connectivity index (χ0n) is 7.82. The standard InChI is InChI=1S/C11H10O2S/c1-2-14-10-7-11(12)13-9-6-4-3-5-8(9)10/h3-7H,2H2,1H3. The summed E-state index contributed by atoms with van der Waals surface area (Å²) in [6.45, 7) is 2.06. The van der Waals surface area contributed by atoms with Crippen LogP contribution in [0.3, 0.4) is 0 Å². The van der Waals surface area contributed by atoms with E-state index in [1.807, 2.05) is 24.3 Å². The van der Waals surface area contributed by atoms with Crippen LogP contribution in [0.5, 0.6) is 0 Å². The van der Waals surface area contributed by atoms with E-state index in [2.05, 4.69) is 6.92 Å². The highest BCUT2D eigenvalue weighted by molar-refractivity contribution is 7.99. The van der Waals surface area contributed by atoms with Gasteiger partial charge in [0.05, 0.1) is 0 Å². The van der Waals surface area contributed by atoms with Crippen LogP contribution in [0.1, 0.15) is 6.92 Å². The maximum absolute atomic E-state index is 11.2. The Balaban J connectivity index is 2.73. The quantitative estimate of drug-likeness (QED) is 0.559. The van der Waals surface area contributed by atoms with E-state index in [9.17, 15) is 4.79 Å². The summed E-state index contributed by atoms with van der Waals surface area (Å²) in [5.41, 5.74) is 0.385. The number of rotatable bonds is 2. The zero-order valence-corrected chi connectivity index (χ0v) is 8.64. The van der Waals surface area contributed by atoms with Crippen molar-refractivity contribution in [3.8, 4) is 0 Å².